The zero-order chi connectivity index (χ0) is 54.6. The maximum absolute atomic E-state index is 13.5. The van der Waals surface area contributed by atoms with Gasteiger partial charge in [0.05, 0.1) is 42.2 Å². The quantitative estimate of drug-likeness (QED) is 0.101. The molecule has 0 amide bonds. The highest BCUT2D eigenvalue weighted by molar-refractivity contribution is 7.81. The van der Waals surface area contributed by atoms with E-state index >= 15 is 0 Å². The van der Waals surface area contributed by atoms with E-state index < -0.39 is 90.1 Å². The minimum absolute atomic E-state index is 0.00929. The van der Waals surface area contributed by atoms with Crippen LogP contribution in [0.4, 0.5) is 0 Å². The minimum atomic E-state index is -4.85. The van der Waals surface area contributed by atoms with Gasteiger partial charge in [-0.05, 0) is 181 Å². The Labute approximate surface area is 447 Å². The molecule has 4 bridgehead atoms. The van der Waals surface area contributed by atoms with E-state index in [0.29, 0.717) is 36.5 Å². The molecule has 12 aliphatic rings. The molecule has 4 saturated carbocycles. The number of carbonyl (C=O) groups excluding carboxylic acids is 1. The molecule has 8 aliphatic carbocycles. The molecular weight excluding hydrogens is 1000 g/mol. The molecule has 0 aromatic rings. The van der Waals surface area contributed by atoms with Crippen LogP contribution in [0.5, 0.6) is 0 Å². The van der Waals surface area contributed by atoms with Gasteiger partial charge in [0.2, 0.25) is 0 Å². The summed E-state index contributed by atoms with van der Waals surface area (Å²) in [5, 5.41) is 34.5. The second-order valence-electron chi connectivity index (χ2n) is 29.5. The number of carbonyl (C=O) groups is 1. The number of fused-ring (bicyclic) bond motifs is 10. The predicted molar refractivity (Wildman–Crippen MR) is 278 cm³/mol. The summed E-state index contributed by atoms with van der Waals surface area (Å²) in [7, 11) is -9.68. The summed E-state index contributed by atoms with van der Waals surface area (Å²) in [4.78, 5) is 13.5. The van der Waals surface area contributed by atoms with E-state index in [1.54, 1.807) is 13.8 Å². The molecule has 3 unspecified atom stereocenters. The lowest BCUT2D eigenvalue weighted by Gasteiger charge is -2.69. The summed E-state index contributed by atoms with van der Waals surface area (Å²) in [6.07, 6.45) is 7.77. The monoisotopic (exact) mass is 1090 g/mol. The van der Waals surface area contributed by atoms with Gasteiger partial charge >= 0.3 is 20.8 Å². The first-order valence-electron chi connectivity index (χ1n) is 28.9. The van der Waals surface area contributed by atoms with E-state index in [1.807, 2.05) is 13.8 Å². The van der Waals surface area contributed by atoms with Crippen molar-refractivity contribution < 1.29 is 68.6 Å². The summed E-state index contributed by atoms with van der Waals surface area (Å²) in [5.74, 6) is -1.32. The van der Waals surface area contributed by atoms with Gasteiger partial charge in [-0.15, -0.1) is 0 Å². The summed E-state index contributed by atoms with van der Waals surface area (Å²) < 4.78 is 102. The molecule has 5 N–H and O–H groups in total. The SMILES string of the molecule is C[C@@H]([C@H]1CCC2C3=C(CC[C@@]21C)[C@@]12COC(O)([C@@H](O)C1)C(C)(C)C2[C@@H](OS(=O)(=O)O)C3)[C@H]1C[C@@H]2C[C@@](C)(OC2(C)C)[C@H](CC[C@@H](C)[C@H]2CC[C@@H]3C4=C(CC[C@@]32C)[C@@]2(C)C[C@H](O)C(=O)C(C)(C)[C@H]2[C@@H](OS(=O)(=O)O)C4)O1. The van der Waals surface area contributed by atoms with Gasteiger partial charge in [0.25, 0.3) is 0 Å². The van der Waals surface area contributed by atoms with Crippen molar-refractivity contribution in [2.24, 2.45) is 85.8 Å². The number of ether oxygens (including phenoxy) is 3. The normalized spacial score (nSPS) is 50.3. The molecule has 21 atom stereocenters. The highest BCUT2D eigenvalue weighted by Crippen LogP contribution is 2.73. The number of aliphatic hydroxyl groups is 3. The highest BCUT2D eigenvalue weighted by Gasteiger charge is 2.75. The van der Waals surface area contributed by atoms with Gasteiger partial charge in [-0.25, -0.2) is 8.37 Å². The van der Waals surface area contributed by atoms with Crippen LogP contribution in [-0.4, -0.2) is 107 Å². The molecule has 1 spiro atoms. The standard InChI is InChI=1S/C58H90O15S2/c1-30(35-14-16-37-33-24-43(71-74(63,64)65)47-50(3,4)49(61)41(59)27-55(47,11)39(33)19-21-53(35,37)9)13-18-46-56(12)26-32(52(7,8)73-56)23-42(70-46)31(2)36-15-17-38-34-25-44(72-75(66,67)68)48-51(5,6)58(62)45(60)28-57(48,29-69-58)40(34)20-22-54(36,38)10/h30-32,35-38,41-48,59-60,62H,13-29H2,1-12H3,(H,63,64,65)(H,66,67,68)/t30-,31+,32-,35-,36-,37-,38?,41+,42-,43+,44+,45+,46+,47-,48?,53-,54-,55-,56-,57+,58?/m1/s1. The Morgan fingerprint density at radius 1 is 0.733 bits per heavy atom. The van der Waals surface area contributed by atoms with Gasteiger partial charge in [0.1, 0.15) is 12.2 Å². The lowest BCUT2D eigenvalue weighted by molar-refractivity contribution is -0.408. The van der Waals surface area contributed by atoms with Crippen molar-refractivity contribution in [1.29, 1.82) is 0 Å². The molecule has 0 aromatic heterocycles. The zero-order valence-corrected chi connectivity index (χ0v) is 48.4. The van der Waals surface area contributed by atoms with E-state index in [2.05, 4.69) is 55.4 Å². The molecule has 8 fully saturated rings. The Hall–Kier alpha value is -1.35. The maximum Gasteiger partial charge on any atom is 0.397 e. The first-order valence-corrected chi connectivity index (χ1v) is 31.6. The number of hydrogen-bond donors (Lipinski definition) is 5. The van der Waals surface area contributed by atoms with Crippen LogP contribution < -0.4 is 0 Å². The first kappa shape index (κ1) is 55.6. The van der Waals surface area contributed by atoms with E-state index in [1.165, 1.54) is 22.3 Å². The topological polar surface area (TPSA) is 233 Å². The average Bonchev–Trinajstić information content (AvgIpc) is 3.86. The van der Waals surface area contributed by atoms with Crippen LogP contribution >= 0.6 is 0 Å². The molecule has 15 nitrogen and oxygen atoms in total. The third-order valence-electron chi connectivity index (χ3n) is 25.0. The van der Waals surface area contributed by atoms with E-state index in [0.717, 1.165) is 77.0 Å². The lowest BCUT2D eigenvalue weighted by Crippen LogP contribution is -2.76. The van der Waals surface area contributed by atoms with Gasteiger partial charge in [-0.2, -0.15) is 16.8 Å². The van der Waals surface area contributed by atoms with Crippen LogP contribution in [0.15, 0.2) is 22.3 Å². The van der Waals surface area contributed by atoms with Crippen LogP contribution in [0.3, 0.4) is 0 Å². The zero-order valence-electron chi connectivity index (χ0n) is 46.8. The second kappa shape index (κ2) is 17.3. The van der Waals surface area contributed by atoms with Crippen LogP contribution in [0, 0.1) is 85.8 Å². The number of ketones is 1. The van der Waals surface area contributed by atoms with Crippen molar-refractivity contribution in [1.82, 2.24) is 0 Å². The van der Waals surface area contributed by atoms with E-state index in [4.69, 9.17) is 22.6 Å². The smallest absolute Gasteiger partial charge is 0.387 e. The Balaban J connectivity index is 0.835. The molecule has 4 saturated heterocycles. The fourth-order valence-electron chi connectivity index (χ4n) is 22.0. The predicted octanol–water partition coefficient (Wildman–Crippen LogP) is 9.29. The minimum Gasteiger partial charge on any atom is -0.387 e. The third-order valence-corrected chi connectivity index (χ3v) is 25.9. The molecular formula is C58H90O15S2. The molecule has 424 valence electrons. The Morgan fingerprint density at radius 2 is 1.29 bits per heavy atom. The third kappa shape index (κ3) is 8.02. The molecule has 0 aromatic carbocycles. The van der Waals surface area contributed by atoms with Crippen molar-refractivity contribution in [3.8, 4) is 0 Å². The molecule has 0 radical (unpaired) electrons. The number of rotatable bonds is 10. The average molecular weight is 1090 g/mol. The number of aliphatic hydroxyl groups excluding tert-OH is 2. The first-order chi connectivity index (χ1) is 34.5. The molecule has 4 aliphatic heterocycles. The van der Waals surface area contributed by atoms with Crippen molar-refractivity contribution in [2.75, 3.05) is 6.61 Å². The number of allylic oxidation sites excluding steroid dienone is 1. The second-order valence-corrected chi connectivity index (χ2v) is 31.6. The van der Waals surface area contributed by atoms with Gasteiger partial charge in [-0.1, -0.05) is 84.6 Å². The highest BCUT2D eigenvalue weighted by atomic mass is 32.3. The molecule has 17 heteroatoms. The Bertz CT molecular complexity index is 2660. The lowest BCUT2D eigenvalue weighted by atomic mass is 9.42. The van der Waals surface area contributed by atoms with Crippen LogP contribution in [0.2, 0.25) is 0 Å². The molecule has 12 rings (SSSR count). The summed E-state index contributed by atoms with van der Waals surface area (Å²) in [6.45, 7) is 25.8. The Morgan fingerprint density at radius 3 is 1.89 bits per heavy atom. The van der Waals surface area contributed by atoms with Crippen LogP contribution in [0.25, 0.3) is 0 Å². The fraction of sp³-hybridized carbons (Fsp3) is 0.914. The van der Waals surface area contributed by atoms with Gasteiger partial charge in [-0.3, -0.25) is 13.9 Å². The summed E-state index contributed by atoms with van der Waals surface area (Å²) in [5.41, 5.74) is 0.325. The molecule has 75 heavy (non-hydrogen) atoms. The van der Waals surface area contributed by atoms with Crippen LogP contribution in [0.1, 0.15) is 186 Å². The largest absolute Gasteiger partial charge is 0.397 e. The maximum atomic E-state index is 13.5. The van der Waals surface area contributed by atoms with Crippen molar-refractivity contribution >= 4 is 26.6 Å². The van der Waals surface area contributed by atoms with Gasteiger partial charge in [0, 0.05) is 28.1 Å². The molecule has 4 heterocycles. The van der Waals surface area contributed by atoms with E-state index in [-0.39, 0.29) is 71.6 Å². The van der Waals surface area contributed by atoms with Crippen molar-refractivity contribution in [3.63, 3.8) is 0 Å². The van der Waals surface area contributed by atoms with Crippen LogP contribution in [-0.2, 0) is 48.2 Å². The fourth-order valence-corrected chi connectivity index (χ4v) is 22.9. The summed E-state index contributed by atoms with van der Waals surface area (Å²) >= 11 is 0. The van der Waals surface area contributed by atoms with Crippen molar-refractivity contribution in [2.45, 2.75) is 239 Å². The Kier molecular flexibility index (Phi) is 12.8. The van der Waals surface area contributed by atoms with Gasteiger partial charge in [0.15, 0.2) is 11.6 Å². The van der Waals surface area contributed by atoms with Crippen molar-refractivity contribution in [3.05, 3.63) is 22.3 Å². The number of hydrogen-bond acceptors (Lipinski definition) is 13. The summed E-state index contributed by atoms with van der Waals surface area (Å²) in [6, 6.07) is 0. The number of Topliss-reactive ketones (excluding diaryl/α,β-unsaturated/α-hetero) is 1. The van der Waals surface area contributed by atoms with Gasteiger partial charge < -0.3 is 29.5 Å². The van der Waals surface area contributed by atoms with E-state index in [9.17, 15) is 46.1 Å².